The molecule has 1 amide bonds. The number of likely N-dealkylation sites (tertiary alicyclic amines) is 1. The maximum atomic E-state index is 12.6. The van der Waals surface area contributed by atoms with Crippen LogP contribution in [0.25, 0.3) is 11.1 Å². The van der Waals surface area contributed by atoms with E-state index in [1.807, 2.05) is 41.8 Å². The fourth-order valence-corrected chi connectivity index (χ4v) is 3.49. The summed E-state index contributed by atoms with van der Waals surface area (Å²) >= 11 is 1.41. The maximum absolute atomic E-state index is 12.6. The minimum atomic E-state index is -0.820. The van der Waals surface area contributed by atoms with Crippen LogP contribution in [-0.2, 0) is 4.79 Å². The van der Waals surface area contributed by atoms with Gasteiger partial charge in [0.25, 0.3) is 5.91 Å². The Bertz CT molecular complexity index is 665. The van der Waals surface area contributed by atoms with Gasteiger partial charge >= 0.3 is 5.97 Å². The Morgan fingerprint density at radius 2 is 1.95 bits per heavy atom. The molecule has 1 fully saturated rings. The van der Waals surface area contributed by atoms with Crippen LogP contribution < -0.4 is 0 Å². The molecule has 3 rings (SSSR count). The monoisotopic (exact) mass is 301 g/mol. The lowest BCUT2D eigenvalue weighted by molar-refractivity contribution is -0.141. The summed E-state index contributed by atoms with van der Waals surface area (Å²) in [6, 6.07) is 11.7. The number of amides is 1. The molecule has 21 heavy (non-hydrogen) atoms. The van der Waals surface area contributed by atoms with Gasteiger partial charge in [0, 0.05) is 18.7 Å². The molecule has 0 unspecified atom stereocenters. The second kappa shape index (κ2) is 5.69. The fourth-order valence-electron chi connectivity index (χ4n) is 2.61. The minimum Gasteiger partial charge on any atom is -0.481 e. The van der Waals surface area contributed by atoms with Gasteiger partial charge in [0.05, 0.1) is 10.8 Å². The average Bonchev–Trinajstić information content (AvgIpc) is 3.17. The van der Waals surface area contributed by atoms with Crippen LogP contribution >= 0.6 is 11.3 Å². The quantitative estimate of drug-likeness (QED) is 0.948. The van der Waals surface area contributed by atoms with Crippen LogP contribution in [0.5, 0.6) is 0 Å². The molecule has 1 atom stereocenters. The molecule has 0 saturated carbocycles. The van der Waals surface area contributed by atoms with Crippen molar-refractivity contribution in [1.82, 2.24) is 4.90 Å². The third-order valence-corrected chi connectivity index (χ3v) is 4.67. The highest BCUT2D eigenvalue weighted by Gasteiger charge is 2.32. The number of carboxylic acid groups (broad SMARTS) is 1. The number of aliphatic carboxylic acids is 1. The summed E-state index contributed by atoms with van der Waals surface area (Å²) in [5.74, 6) is -1.32. The van der Waals surface area contributed by atoms with E-state index < -0.39 is 11.9 Å². The van der Waals surface area contributed by atoms with E-state index in [0.717, 1.165) is 11.1 Å². The van der Waals surface area contributed by atoms with Gasteiger partial charge in [-0.05, 0) is 23.4 Å². The zero-order valence-corrected chi connectivity index (χ0v) is 12.2. The molecule has 1 aromatic heterocycles. The second-order valence-electron chi connectivity index (χ2n) is 5.10. The summed E-state index contributed by atoms with van der Waals surface area (Å²) in [5.41, 5.74) is 1.93. The van der Waals surface area contributed by atoms with Crippen molar-refractivity contribution in [3.05, 3.63) is 46.7 Å². The van der Waals surface area contributed by atoms with E-state index in [-0.39, 0.29) is 5.91 Å². The van der Waals surface area contributed by atoms with E-state index in [0.29, 0.717) is 24.4 Å². The van der Waals surface area contributed by atoms with Crippen LogP contribution in [0.3, 0.4) is 0 Å². The molecule has 0 spiro atoms. The first-order chi connectivity index (χ1) is 10.2. The van der Waals surface area contributed by atoms with E-state index in [9.17, 15) is 9.59 Å². The first-order valence-electron chi connectivity index (χ1n) is 6.82. The second-order valence-corrected chi connectivity index (χ2v) is 6.02. The smallest absolute Gasteiger partial charge is 0.308 e. The summed E-state index contributed by atoms with van der Waals surface area (Å²) in [5, 5.41) is 10.9. The molecule has 2 heterocycles. The summed E-state index contributed by atoms with van der Waals surface area (Å²) in [4.78, 5) is 26.0. The van der Waals surface area contributed by atoms with Gasteiger partial charge in [-0.25, -0.2) is 0 Å². The molecule has 0 aliphatic carbocycles. The number of nitrogens with zero attached hydrogens (tertiary/aromatic N) is 1. The van der Waals surface area contributed by atoms with Gasteiger partial charge in [-0.3, -0.25) is 9.59 Å². The lowest BCUT2D eigenvalue weighted by Crippen LogP contribution is -2.29. The van der Waals surface area contributed by atoms with Crippen LogP contribution in [0.2, 0.25) is 0 Å². The van der Waals surface area contributed by atoms with Crippen LogP contribution in [-0.4, -0.2) is 35.0 Å². The number of carbonyl (C=O) groups excluding carboxylic acids is 1. The first kappa shape index (κ1) is 13.8. The van der Waals surface area contributed by atoms with E-state index in [2.05, 4.69) is 0 Å². The zero-order valence-electron chi connectivity index (χ0n) is 11.4. The Morgan fingerprint density at radius 3 is 2.62 bits per heavy atom. The molecule has 1 N–H and O–H groups in total. The number of hydrogen-bond acceptors (Lipinski definition) is 3. The van der Waals surface area contributed by atoms with Gasteiger partial charge in [0.15, 0.2) is 0 Å². The van der Waals surface area contributed by atoms with Gasteiger partial charge in [0.2, 0.25) is 0 Å². The molecule has 2 aromatic rings. The Hall–Kier alpha value is -2.14. The van der Waals surface area contributed by atoms with Crippen molar-refractivity contribution in [1.29, 1.82) is 0 Å². The third-order valence-electron chi connectivity index (χ3n) is 3.77. The van der Waals surface area contributed by atoms with Gasteiger partial charge < -0.3 is 10.0 Å². The van der Waals surface area contributed by atoms with Gasteiger partial charge in [-0.2, -0.15) is 0 Å². The number of hydrogen-bond donors (Lipinski definition) is 1. The minimum absolute atomic E-state index is 0.0624. The van der Waals surface area contributed by atoms with Crippen molar-refractivity contribution >= 4 is 23.2 Å². The molecule has 5 heteroatoms. The summed E-state index contributed by atoms with van der Waals surface area (Å²) < 4.78 is 0. The summed E-state index contributed by atoms with van der Waals surface area (Å²) in [6.45, 7) is 0.822. The largest absolute Gasteiger partial charge is 0.481 e. The number of rotatable bonds is 3. The van der Waals surface area contributed by atoms with Crippen molar-refractivity contribution in [2.24, 2.45) is 5.92 Å². The molecule has 1 saturated heterocycles. The van der Waals surface area contributed by atoms with E-state index >= 15 is 0 Å². The molecule has 1 aromatic carbocycles. The fraction of sp³-hybridized carbons (Fsp3) is 0.250. The number of carboxylic acids is 1. The van der Waals surface area contributed by atoms with Crippen LogP contribution in [0.4, 0.5) is 0 Å². The Balaban J connectivity index is 1.84. The average molecular weight is 301 g/mol. The standard InChI is InChI=1S/C16H15NO3S/c18-15(17-8-6-12(10-17)16(19)20)14-13(7-9-21-14)11-4-2-1-3-5-11/h1-5,7,9,12H,6,8,10H2,(H,19,20)/t12-/m0/s1. The first-order valence-corrected chi connectivity index (χ1v) is 7.70. The zero-order chi connectivity index (χ0) is 14.8. The Morgan fingerprint density at radius 1 is 1.19 bits per heavy atom. The normalized spacial score (nSPS) is 17.9. The summed E-state index contributed by atoms with van der Waals surface area (Å²) in [6.07, 6.45) is 0.535. The molecule has 108 valence electrons. The highest BCUT2D eigenvalue weighted by Crippen LogP contribution is 2.30. The maximum Gasteiger partial charge on any atom is 0.308 e. The SMILES string of the molecule is O=C(O)[C@H]1CCN(C(=O)c2sccc2-c2ccccc2)C1. The third kappa shape index (κ3) is 2.69. The molecular formula is C16H15NO3S. The lowest BCUT2D eigenvalue weighted by Gasteiger charge is -2.16. The Labute approximate surface area is 126 Å². The van der Waals surface area contributed by atoms with Crippen molar-refractivity contribution in [3.8, 4) is 11.1 Å². The van der Waals surface area contributed by atoms with E-state index in [1.165, 1.54) is 11.3 Å². The molecule has 1 aliphatic heterocycles. The number of thiophene rings is 1. The molecule has 0 bridgehead atoms. The molecule has 4 nitrogen and oxygen atoms in total. The number of benzene rings is 1. The van der Waals surface area contributed by atoms with E-state index in [1.54, 1.807) is 4.90 Å². The van der Waals surface area contributed by atoms with Crippen molar-refractivity contribution in [2.75, 3.05) is 13.1 Å². The van der Waals surface area contributed by atoms with Gasteiger partial charge in [-0.15, -0.1) is 11.3 Å². The topological polar surface area (TPSA) is 57.6 Å². The predicted octanol–water partition coefficient (Wildman–Crippen LogP) is 2.96. The van der Waals surface area contributed by atoms with Crippen molar-refractivity contribution in [3.63, 3.8) is 0 Å². The van der Waals surface area contributed by atoms with Crippen LogP contribution in [0.15, 0.2) is 41.8 Å². The molecular weight excluding hydrogens is 286 g/mol. The highest BCUT2D eigenvalue weighted by atomic mass is 32.1. The van der Waals surface area contributed by atoms with Gasteiger partial charge in [0.1, 0.15) is 0 Å². The predicted molar refractivity (Wildman–Crippen MR) is 81.4 cm³/mol. The van der Waals surface area contributed by atoms with E-state index in [4.69, 9.17) is 5.11 Å². The van der Waals surface area contributed by atoms with Crippen molar-refractivity contribution < 1.29 is 14.7 Å². The molecule has 0 radical (unpaired) electrons. The summed E-state index contributed by atoms with van der Waals surface area (Å²) in [7, 11) is 0. The van der Waals surface area contributed by atoms with Crippen LogP contribution in [0, 0.1) is 5.92 Å². The molecule has 1 aliphatic rings. The Kier molecular flexibility index (Phi) is 3.75. The number of carbonyl (C=O) groups is 2. The van der Waals surface area contributed by atoms with Gasteiger partial charge in [-0.1, -0.05) is 30.3 Å². The van der Waals surface area contributed by atoms with Crippen LogP contribution in [0.1, 0.15) is 16.1 Å². The highest BCUT2D eigenvalue weighted by molar-refractivity contribution is 7.12. The van der Waals surface area contributed by atoms with Crippen molar-refractivity contribution in [2.45, 2.75) is 6.42 Å². The lowest BCUT2D eigenvalue weighted by atomic mass is 10.1.